The van der Waals surface area contributed by atoms with Gasteiger partial charge >= 0.3 is 0 Å². The number of aromatic nitrogens is 1. The maximum Gasteiger partial charge on any atom is 0.255 e. The number of anilines is 1. The van der Waals surface area contributed by atoms with Crippen molar-refractivity contribution in [2.24, 2.45) is 0 Å². The predicted octanol–water partition coefficient (Wildman–Crippen LogP) is 1.96. The second kappa shape index (κ2) is 8.56. The molecule has 3 rings (SSSR count). The monoisotopic (exact) mass is 394 g/mol. The molecule has 3 heterocycles. The molecule has 1 aromatic heterocycles. The van der Waals surface area contributed by atoms with Crippen LogP contribution in [-0.4, -0.2) is 73.0 Å². The molecule has 27 heavy (non-hydrogen) atoms. The Morgan fingerprint density at radius 3 is 2.67 bits per heavy atom. The Labute approximate surface area is 162 Å². The third-order valence-corrected chi connectivity index (χ3v) is 7.42. The van der Waals surface area contributed by atoms with Gasteiger partial charge in [-0.15, -0.1) is 0 Å². The highest BCUT2D eigenvalue weighted by Gasteiger charge is 2.37. The van der Waals surface area contributed by atoms with E-state index < -0.39 is 10.0 Å². The van der Waals surface area contributed by atoms with E-state index in [1.165, 1.54) is 0 Å². The van der Waals surface area contributed by atoms with Crippen molar-refractivity contribution in [2.75, 3.05) is 43.4 Å². The summed E-state index contributed by atoms with van der Waals surface area (Å²) in [5.41, 5.74) is 0.566. The number of carbonyl (C=O) groups is 1. The standard InChI is InChI=1S/C19H30N4O3S/c1-3-10-21(4-2)18-9-8-16(14-20-18)19(24)22-11-5-7-17(15-22)23-12-6-13-27(23,25)26/h8-9,14,17H,3-7,10-13,15H2,1-2H3. The van der Waals surface area contributed by atoms with Crippen LogP contribution in [0.5, 0.6) is 0 Å². The van der Waals surface area contributed by atoms with Gasteiger partial charge in [0, 0.05) is 45.0 Å². The Morgan fingerprint density at radius 1 is 1.26 bits per heavy atom. The Bertz CT molecular complexity index is 751. The van der Waals surface area contributed by atoms with Gasteiger partial charge in [-0.05, 0) is 44.7 Å². The highest BCUT2D eigenvalue weighted by Crippen LogP contribution is 2.25. The number of likely N-dealkylation sites (tertiary alicyclic amines) is 1. The Kier molecular flexibility index (Phi) is 6.37. The smallest absolute Gasteiger partial charge is 0.255 e. The van der Waals surface area contributed by atoms with Crippen LogP contribution in [-0.2, 0) is 10.0 Å². The van der Waals surface area contributed by atoms with Crippen LogP contribution in [0.1, 0.15) is 49.9 Å². The van der Waals surface area contributed by atoms with Gasteiger partial charge in [-0.3, -0.25) is 4.79 Å². The number of sulfonamides is 1. The van der Waals surface area contributed by atoms with Crippen molar-refractivity contribution in [1.82, 2.24) is 14.2 Å². The third kappa shape index (κ3) is 4.43. The van der Waals surface area contributed by atoms with Gasteiger partial charge in [-0.1, -0.05) is 6.92 Å². The first-order valence-corrected chi connectivity index (χ1v) is 11.6. The SMILES string of the molecule is CCCN(CC)c1ccc(C(=O)N2CCCC(N3CCCS3(=O)=O)C2)cn1. The van der Waals surface area contributed by atoms with E-state index in [4.69, 9.17) is 0 Å². The zero-order valence-corrected chi connectivity index (χ0v) is 17.1. The van der Waals surface area contributed by atoms with Gasteiger partial charge < -0.3 is 9.80 Å². The van der Waals surface area contributed by atoms with Crippen molar-refractivity contribution in [3.8, 4) is 0 Å². The molecule has 150 valence electrons. The summed E-state index contributed by atoms with van der Waals surface area (Å²) in [5, 5.41) is 0. The van der Waals surface area contributed by atoms with E-state index in [0.29, 0.717) is 31.6 Å². The van der Waals surface area contributed by atoms with Gasteiger partial charge in [0.1, 0.15) is 5.82 Å². The topological polar surface area (TPSA) is 73.8 Å². The molecule has 2 aliphatic heterocycles. The number of nitrogens with zero attached hydrogens (tertiary/aromatic N) is 4. The fourth-order valence-corrected chi connectivity index (χ4v) is 5.79. The molecule has 0 spiro atoms. The molecule has 0 bridgehead atoms. The summed E-state index contributed by atoms with van der Waals surface area (Å²) in [4.78, 5) is 21.3. The highest BCUT2D eigenvalue weighted by atomic mass is 32.2. The quantitative estimate of drug-likeness (QED) is 0.737. The Hall–Kier alpha value is -1.67. The van der Waals surface area contributed by atoms with Gasteiger partial charge in [0.05, 0.1) is 11.3 Å². The van der Waals surface area contributed by atoms with Crippen LogP contribution in [0.3, 0.4) is 0 Å². The molecule has 0 saturated carbocycles. The number of hydrogen-bond acceptors (Lipinski definition) is 5. The lowest BCUT2D eigenvalue weighted by atomic mass is 10.0. The Balaban J connectivity index is 1.68. The molecule has 0 radical (unpaired) electrons. The molecule has 2 fully saturated rings. The summed E-state index contributed by atoms with van der Waals surface area (Å²) in [7, 11) is -3.15. The summed E-state index contributed by atoms with van der Waals surface area (Å²) in [6.45, 7) is 7.76. The minimum atomic E-state index is -3.15. The van der Waals surface area contributed by atoms with Crippen LogP contribution < -0.4 is 4.90 Å². The number of amides is 1. The van der Waals surface area contributed by atoms with Crippen LogP contribution in [0.25, 0.3) is 0 Å². The number of piperidine rings is 1. The fourth-order valence-electron chi connectivity index (χ4n) is 4.03. The summed E-state index contributed by atoms with van der Waals surface area (Å²) >= 11 is 0. The van der Waals surface area contributed by atoms with Crippen molar-refractivity contribution in [3.63, 3.8) is 0 Å². The second-order valence-electron chi connectivity index (χ2n) is 7.31. The molecule has 0 N–H and O–H groups in total. The van der Waals surface area contributed by atoms with Crippen LogP contribution in [0.4, 0.5) is 5.82 Å². The van der Waals surface area contributed by atoms with E-state index in [-0.39, 0.29) is 17.7 Å². The van der Waals surface area contributed by atoms with Crippen LogP contribution in [0.15, 0.2) is 18.3 Å². The Morgan fingerprint density at radius 2 is 2.07 bits per heavy atom. The first-order valence-electron chi connectivity index (χ1n) is 9.96. The minimum absolute atomic E-state index is 0.0612. The molecular formula is C19H30N4O3S. The fraction of sp³-hybridized carbons (Fsp3) is 0.684. The average molecular weight is 395 g/mol. The molecule has 1 atom stereocenters. The van der Waals surface area contributed by atoms with Gasteiger partial charge in [0.2, 0.25) is 10.0 Å². The number of pyridine rings is 1. The highest BCUT2D eigenvalue weighted by molar-refractivity contribution is 7.89. The number of carbonyl (C=O) groups excluding carboxylic acids is 1. The third-order valence-electron chi connectivity index (χ3n) is 5.42. The summed E-state index contributed by atoms with van der Waals surface area (Å²) in [6.07, 6.45) is 5.03. The minimum Gasteiger partial charge on any atom is -0.357 e. The lowest BCUT2D eigenvalue weighted by molar-refractivity contribution is 0.0658. The number of hydrogen-bond donors (Lipinski definition) is 0. The molecule has 1 amide bonds. The largest absolute Gasteiger partial charge is 0.357 e. The van der Waals surface area contributed by atoms with Crippen molar-refractivity contribution >= 4 is 21.7 Å². The van der Waals surface area contributed by atoms with Crippen LogP contribution in [0, 0.1) is 0 Å². The molecule has 8 heteroatoms. The molecule has 2 saturated heterocycles. The zero-order chi connectivity index (χ0) is 19.4. The van der Waals surface area contributed by atoms with Crippen molar-refractivity contribution in [3.05, 3.63) is 23.9 Å². The summed E-state index contributed by atoms with van der Waals surface area (Å²) < 4.78 is 26.0. The van der Waals surface area contributed by atoms with E-state index in [9.17, 15) is 13.2 Å². The summed E-state index contributed by atoms with van der Waals surface area (Å²) in [5.74, 6) is 1.05. The lowest BCUT2D eigenvalue weighted by Crippen LogP contribution is -2.50. The predicted molar refractivity (Wildman–Crippen MR) is 106 cm³/mol. The first-order chi connectivity index (χ1) is 13.0. The van der Waals surface area contributed by atoms with Gasteiger partial charge in [-0.2, -0.15) is 4.31 Å². The van der Waals surface area contributed by atoms with Crippen molar-refractivity contribution in [1.29, 1.82) is 0 Å². The van der Waals surface area contributed by atoms with E-state index in [0.717, 1.165) is 38.2 Å². The van der Waals surface area contributed by atoms with Gasteiger partial charge in [-0.25, -0.2) is 13.4 Å². The molecule has 2 aliphatic rings. The van der Waals surface area contributed by atoms with Crippen LogP contribution >= 0.6 is 0 Å². The summed E-state index contributed by atoms with van der Waals surface area (Å²) in [6, 6.07) is 3.64. The molecular weight excluding hydrogens is 364 g/mol. The molecule has 0 aromatic carbocycles. The zero-order valence-electron chi connectivity index (χ0n) is 16.3. The maximum absolute atomic E-state index is 12.9. The average Bonchev–Trinajstić information content (AvgIpc) is 3.05. The van der Waals surface area contributed by atoms with Crippen molar-refractivity contribution in [2.45, 2.75) is 45.6 Å². The molecule has 7 nitrogen and oxygen atoms in total. The van der Waals surface area contributed by atoms with E-state index >= 15 is 0 Å². The van der Waals surface area contributed by atoms with Crippen molar-refractivity contribution < 1.29 is 13.2 Å². The van der Waals surface area contributed by atoms with E-state index in [1.807, 2.05) is 12.1 Å². The van der Waals surface area contributed by atoms with Gasteiger partial charge in [0.15, 0.2) is 0 Å². The second-order valence-corrected chi connectivity index (χ2v) is 9.35. The number of rotatable bonds is 6. The van der Waals surface area contributed by atoms with Gasteiger partial charge in [0.25, 0.3) is 5.91 Å². The molecule has 1 aromatic rings. The van der Waals surface area contributed by atoms with Crippen LogP contribution in [0.2, 0.25) is 0 Å². The molecule has 0 aliphatic carbocycles. The normalized spacial score (nSPS) is 22.7. The lowest BCUT2D eigenvalue weighted by Gasteiger charge is -2.36. The first kappa shape index (κ1) is 20.1. The van der Waals surface area contributed by atoms with E-state index in [2.05, 4.69) is 23.7 Å². The molecule has 1 unspecified atom stereocenters. The van der Waals surface area contributed by atoms with E-state index in [1.54, 1.807) is 15.4 Å². The maximum atomic E-state index is 12.9.